The Morgan fingerprint density at radius 1 is 1.26 bits per heavy atom. The molecule has 1 nitrogen and oxygen atoms in total. The molecule has 2 rings (SSSR count). The van der Waals surface area contributed by atoms with Crippen molar-refractivity contribution in [3.63, 3.8) is 0 Å². The molecule has 1 aromatic rings. The van der Waals surface area contributed by atoms with Crippen molar-refractivity contribution < 1.29 is 4.39 Å². The minimum Gasteiger partial charge on any atom is -0.313 e. The molecule has 106 valence electrons. The number of rotatable bonds is 4. The maximum Gasteiger partial charge on any atom is 0.126 e. The maximum absolute atomic E-state index is 13.7. The summed E-state index contributed by atoms with van der Waals surface area (Å²) in [4.78, 5) is 0. The molecular weight excluding hydrogens is 237 g/mol. The molecule has 1 aromatic carbocycles. The summed E-state index contributed by atoms with van der Waals surface area (Å²) in [5.74, 6) is 1.47. The van der Waals surface area contributed by atoms with Gasteiger partial charge in [-0.2, -0.15) is 0 Å². The zero-order valence-electron chi connectivity index (χ0n) is 12.4. The fourth-order valence-electron chi connectivity index (χ4n) is 3.41. The van der Waals surface area contributed by atoms with Crippen molar-refractivity contribution in [2.75, 3.05) is 7.05 Å². The van der Waals surface area contributed by atoms with Gasteiger partial charge in [0.2, 0.25) is 0 Å². The summed E-state index contributed by atoms with van der Waals surface area (Å²) in [6.45, 7) is 4.11. The van der Waals surface area contributed by atoms with Crippen LogP contribution < -0.4 is 5.32 Å². The van der Waals surface area contributed by atoms with E-state index < -0.39 is 0 Å². The molecule has 0 amide bonds. The largest absolute Gasteiger partial charge is 0.313 e. The summed E-state index contributed by atoms with van der Waals surface area (Å²) in [6.07, 6.45) is 6.48. The number of halogens is 1. The highest BCUT2D eigenvalue weighted by Gasteiger charge is 2.27. The highest BCUT2D eigenvalue weighted by molar-refractivity contribution is 5.26. The second-order valence-corrected chi connectivity index (χ2v) is 5.96. The van der Waals surface area contributed by atoms with Gasteiger partial charge in [0, 0.05) is 6.04 Å². The first-order valence-electron chi connectivity index (χ1n) is 7.59. The van der Waals surface area contributed by atoms with E-state index >= 15 is 0 Å². The molecule has 1 aliphatic rings. The van der Waals surface area contributed by atoms with Gasteiger partial charge in [0.15, 0.2) is 0 Å². The van der Waals surface area contributed by atoms with Crippen LogP contribution in [0.25, 0.3) is 0 Å². The Labute approximate surface area is 116 Å². The second-order valence-electron chi connectivity index (χ2n) is 5.96. The average Bonchev–Trinajstić information content (AvgIpc) is 2.44. The van der Waals surface area contributed by atoms with Crippen LogP contribution in [-0.2, 0) is 0 Å². The van der Waals surface area contributed by atoms with E-state index in [1.54, 1.807) is 6.07 Å². The monoisotopic (exact) mass is 263 g/mol. The van der Waals surface area contributed by atoms with Crippen molar-refractivity contribution in [3.05, 3.63) is 35.1 Å². The van der Waals surface area contributed by atoms with Gasteiger partial charge in [0.05, 0.1) is 0 Å². The molecule has 0 aliphatic heterocycles. The van der Waals surface area contributed by atoms with Crippen LogP contribution in [-0.4, -0.2) is 7.05 Å². The molecule has 0 aromatic heterocycles. The van der Waals surface area contributed by atoms with Crippen molar-refractivity contribution in [1.29, 1.82) is 0 Å². The van der Waals surface area contributed by atoms with Gasteiger partial charge in [-0.15, -0.1) is 0 Å². The van der Waals surface area contributed by atoms with E-state index in [2.05, 4.69) is 18.3 Å². The van der Waals surface area contributed by atoms with Crippen LogP contribution in [0.4, 0.5) is 4.39 Å². The molecule has 0 radical (unpaired) electrons. The van der Waals surface area contributed by atoms with Crippen LogP contribution in [0, 0.1) is 24.6 Å². The van der Waals surface area contributed by atoms with Crippen LogP contribution in [0.5, 0.6) is 0 Å². The van der Waals surface area contributed by atoms with E-state index in [0.29, 0.717) is 12.0 Å². The average molecular weight is 263 g/mol. The van der Waals surface area contributed by atoms with E-state index in [4.69, 9.17) is 0 Å². The van der Waals surface area contributed by atoms with Crippen molar-refractivity contribution in [2.45, 2.75) is 52.0 Å². The zero-order valence-corrected chi connectivity index (χ0v) is 12.4. The molecule has 0 bridgehead atoms. The van der Waals surface area contributed by atoms with Crippen molar-refractivity contribution in [3.8, 4) is 0 Å². The minimum atomic E-state index is -0.0833. The summed E-state index contributed by atoms with van der Waals surface area (Å²) < 4.78 is 13.7. The van der Waals surface area contributed by atoms with Crippen molar-refractivity contribution in [1.82, 2.24) is 5.32 Å². The van der Waals surface area contributed by atoms with Gasteiger partial charge in [0.25, 0.3) is 0 Å². The first-order chi connectivity index (χ1) is 9.15. The minimum absolute atomic E-state index is 0.0833. The Balaban J connectivity index is 2.09. The fourth-order valence-corrected chi connectivity index (χ4v) is 3.41. The van der Waals surface area contributed by atoms with Crippen LogP contribution in [0.1, 0.15) is 56.2 Å². The molecule has 1 unspecified atom stereocenters. The van der Waals surface area contributed by atoms with Crippen molar-refractivity contribution >= 4 is 0 Å². The topological polar surface area (TPSA) is 12.0 Å². The SMILES string of the molecule is CCC1CCC(C(NC)c2ccc(C)c(F)c2)CC1. The van der Waals surface area contributed by atoms with E-state index in [-0.39, 0.29) is 5.82 Å². The fraction of sp³-hybridized carbons (Fsp3) is 0.647. The van der Waals surface area contributed by atoms with Crippen molar-refractivity contribution in [2.24, 2.45) is 11.8 Å². The number of nitrogens with one attached hydrogen (secondary N) is 1. The molecule has 1 saturated carbocycles. The predicted molar refractivity (Wildman–Crippen MR) is 78.7 cm³/mol. The smallest absolute Gasteiger partial charge is 0.126 e. The molecule has 2 heteroatoms. The molecular formula is C17H26FN. The number of hydrogen-bond donors (Lipinski definition) is 1. The first kappa shape index (κ1) is 14.5. The lowest BCUT2D eigenvalue weighted by Crippen LogP contribution is -2.28. The Morgan fingerprint density at radius 2 is 1.95 bits per heavy atom. The molecule has 1 atom stereocenters. The third-order valence-electron chi connectivity index (χ3n) is 4.81. The lowest BCUT2D eigenvalue weighted by molar-refractivity contribution is 0.224. The van der Waals surface area contributed by atoms with Gasteiger partial charge < -0.3 is 5.32 Å². The zero-order chi connectivity index (χ0) is 13.8. The molecule has 1 N–H and O–H groups in total. The Bertz CT molecular complexity index is 408. The highest BCUT2D eigenvalue weighted by atomic mass is 19.1. The van der Waals surface area contributed by atoms with Gasteiger partial charge in [-0.1, -0.05) is 38.3 Å². The Morgan fingerprint density at radius 3 is 2.47 bits per heavy atom. The third-order valence-corrected chi connectivity index (χ3v) is 4.81. The van der Waals surface area contributed by atoms with Crippen LogP contribution in [0.2, 0.25) is 0 Å². The Kier molecular flexibility index (Phi) is 4.98. The van der Waals surface area contributed by atoms with Gasteiger partial charge in [0.1, 0.15) is 5.82 Å². The first-order valence-corrected chi connectivity index (χ1v) is 7.59. The van der Waals surface area contributed by atoms with Crippen LogP contribution in [0.3, 0.4) is 0 Å². The van der Waals surface area contributed by atoms with Crippen LogP contribution in [0.15, 0.2) is 18.2 Å². The normalized spacial score (nSPS) is 25.3. The maximum atomic E-state index is 13.7. The number of aryl methyl sites for hydroxylation is 1. The van der Waals surface area contributed by atoms with E-state index in [0.717, 1.165) is 17.0 Å². The molecule has 1 fully saturated rings. The summed E-state index contributed by atoms with van der Waals surface area (Å²) in [7, 11) is 1.99. The summed E-state index contributed by atoms with van der Waals surface area (Å²) in [5, 5.41) is 3.40. The lowest BCUT2D eigenvalue weighted by atomic mass is 9.76. The number of benzene rings is 1. The van der Waals surface area contributed by atoms with Gasteiger partial charge in [-0.05, 0) is 55.8 Å². The van der Waals surface area contributed by atoms with E-state index in [1.165, 1.54) is 32.1 Å². The predicted octanol–water partition coefficient (Wildman–Crippen LogP) is 4.61. The molecule has 0 heterocycles. The van der Waals surface area contributed by atoms with Gasteiger partial charge in [-0.25, -0.2) is 4.39 Å². The second kappa shape index (κ2) is 6.51. The summed E-state index contributed by atoms with van der Waals surface area (Å²) in [6, 6.07) is 5.98. The summed E-state index contributed by atoms with van der Waals surface area (Å²) in [5.41, 5.74) is 1.83. The molecule has 0 saturated heterocycles. The molecule has 19 heavy (non-hydrogen) atoms. The van der Waals surface area contributed by atoms with Gasteiger partial charge >= 0.3 is 0 Å². The quantitative estimate of drug-likeness (QED) is 0.836. The molecule has 0 spiro atoms. The molecule has 1 aliphatic carbocycles. The van der Waals surface area contributed by atoms with E-state index in [9.17, 15) is 4.39 Å². The number of hydrogen-bond acceptors (Lipinski definition) is 1. The highest BCUT2D eigenvalue weighted by Crippen LogP contribution is 2.38. The van der Waals surface area contributed by atoms with Gasteiger partial charge in [-0.3, -0.25) is 0 Å². The summed E-state index contributed by atoms with van der Waals surface area (Å²) >= 11 is 0. The van der Waals surface area contributed by atoms with Crippen LogP contribution >= 0.6 is 0 Å². The Hall–Kier alpha value is -0.890. The lowest BCUT2D eigenvalue weighted by Gasteiger charge is -2.34. The third kappa shape index (κ3) is 3.36. The van der Waals surface area contributed by atoms with E-state index in [1.807, 2.05) is 20.0 Å². The standard InChI is InChI=1S/C17H26FN/c1-4-13-6-9-14(10-7-13)17(19-3)15-8-5-12(2)16(18)11-15/h5,8,11,13-14,17,19H,4,6-7,9-10H2,1-3H3.